The molecule has 0 spiro atoms. The second-order valence-corrected chi connectivity index (χ2v) is 6.03. The fourth-order valence-electron chi connectivity index (χ4n) is 0.977. The van der Waals surface area contributed by atoms with Crippen molar-refractivity contribution in [1.82, 2.24) is 4.31 Å². The first-order valence-corrected chi connectivity index (χ1v) is 6.90. The van der Waals surface area contributed by atoms with Crippen LogP contribution in [0.4, 0.5) is 0 Å². The molecule has 1 rings (SSSR count). The Morgan fingerprint density at radius 2 is 2.19 bits per heavy atom. The maximum absolute atomic E-state index is 4.48. The van der Waals surface area contributed by atoms with Crippen molar-refractivity contribution in [2.75, 3.05) is 14.1 Å². The van der Waals surface area contributed by atoms with Crippen molar-refractivity contribution in [3.8, 4) is 0 Å². The summed E-state index contributed by atoms with van der Waals surface area (Å²) < 4.78 is 2.13. The molecule has 0 saturated heterocycles. The minimum atomic E-state index is 0.313. The van der Waals surface area contributed by atoms with E-state index in [2.05, 4.69) is 40.1 Å². The van der Waals surface area contributed by atoms with Crippen molar-refractivity contribution in [1.29, 1.82) is 0 Å². The van der Waals surface area contributed by atoms with E-state index in [1.165, 1.54) is 0 Å². The van der Waals surface area contributed by atoms with Gasteiger partial charge in [0.05, 0.1) is 10.9 Å². The Labute approximate surface area is 106 Å². The molecule has 0 aliphatic carbocycles. The molecule has 16 heavy (non-hydrogen) atoms. The van der Waals surface area contributed by atoms with Gasteiger partial charge < -0.3 is 0 Å². The molecular weight excluding hydrogens is 240 g/mol. The van der Waals surface area contributed by atoms with Gasteiger partial charge in [0.1, 0.15) is 5.84 Å². The van der Waals surface area contributed by atoms with Crippen LogP contribution >= 0.6 is 23.7 Å². The van der Waals surface area contributed by atoms with Gasteiger partial charge >= 0.3 is 0 Å². The summed E-state index contributed by atoms with van der Waals surface area (Å²) in [5, 5.41) is 1.12. The lowest BCUT2D eigenvalue weighted by atomic mass is 10.2. The fourth-order valence-corrected chi connectivity index (χ4v) is 2.39. The third-order valence-electron chi connectivity index (χ3n) is 2.10. The number of thioether (sulfide) groups is 1. The van der Waals surface area contributed by atoms with E-state index in [1.807, 2.05) is 12.6 Å². The molecule has 1 heterocycles. The number of amidine groups is 2. The highest BCUT2D eigenvalue weighted by molar-refractivity contribution is 8.15. The van der Waals surface area contributed by atoms with Gasteiger partial charge in [-0.15, -0.1) is 0 Å². The highest BCUT2D eigenvalue weighted by Gasteiger charge is 2.15. The van der Waals surface area contributed by atoms with Crippen LogP contribution in [-0.4, -0.2) is 40.3 Å². The quantitative estimate of drug-likeness (QED) is 0.679. The fraction of sp³-hybridized carbons (Fsp3) is 0.700. The number of nitrogens with zero attached hydrogens (tertiary/aromatic N) is 4. The third kappa shape index (κ3) is 3.92. The molecule has 0 N–H and O–H groups in total. The molecule has 1 aliphatic rings. The van der Waals surface area contributed by atoms with E-state index in [-0.39, 0.29) is 0 Å². The summed E-state index contributed by atoms with van der Waals surface area (Å²) >= 11 is 3.24. The Bertz CT molecular complexity index is 323. The van der Waals surface area contributed by atoms with E-state index in [9.17, 15) is 0 Å². The van der Waals surface area contributed by atoms with Gasteiger partial charge in [0.25, 0.3) is 0 Å². The van der Waals surface area contributed by atoms with Crippen LogP contribution in [0.15, 0.2) is 15.0 Å². The average Bonchev–Trinajstić information content (AvgIpc) is 2.30. The van der Waals surface area contributed by atoms with Gasteiger partial charge in [-0.05, 0) is 25.9 Å². The van der Waals surface area contributed by atoms with Crippen LogP contribution < -0.4 is 0 Å². The number of hydrogen-bond donors (Lipinski definition) is 0. The number of aliphatic imine (C=N–C) groups is 3. The van der Waals surface area contributed by atoms with Gasteiger partial charge in [-0.25, -0.2) is 14.3 Å². The van der Waals surface area contributed by atoms with Gasteiger partial charge in [0, 0.05) is 13.0 Å². The molecule has 6 heteroatoms. The third-order valence-corrected chi connectivity index (χ3v) is 4.21. The summed E-state index contributed by atoms with van der Waals surface area (Å²) in [5.41, 5.74) is 1.87. The molecule has 0 aromatic heterocycles. The van der Waals surface area contributed by atoms with Crippen molar-refractivity contribution in [2.24, 2.45) is 20.9 Å². The van der Waals surface area contributed by atoms with Crippen LogP contribution in [0, 0.1) is 5.92 Å². The molecule has 1 unspecified atom stereocenters. The normalized spacial score (nSPS) is 26.5. The average molecular weight is 258 g/mol. The lowest BCUT2D eigenvalue weighted by molar-refractivity contribution is 0.568. The lowest BCUT2D eigenvalue weighted by Gasteiger charge is -2.19. The van der Waals surface area contributed by atoms with E-state index < -0.39 is 0 Å². The van der Waals surface area contributed by atoms with Crippen LogP contribution in [0.1, 0.15) is 20.8 Å². The van der Waals surface area contributed by atoms with Crippen molar-refractivity contribution < 1.29 is 0 Å². The van der Waals surface area contributed by atoms with Gasteiger partial charge in [-0.3, -0.25) is 4.99 Å². The highest BCUT2D eigenvalue weighted by Crippen LogP contribution is 2.23. The van der Waals surface area contributed by atoms with Gasteiger partial charge in [-0.1, -0.05) is 25.6 Å². The zero-order valence-corrected chi connectivity index (χ0v) is 12.0. The molecule has 0 aromatic rings. The van der Waals surface area contributed by atoms with Crippen LogP contribution in [0.3, 0.4) is 0 Å². The largest absolute Gasteiger partial charge is 0.263 e. The Morgan fingerprint density at radius 3 is 2.75 bits per heavy atom. The molecule has 0 bridgehead atoms. The minimum Gasteiger partial charge on any atom is -0.263 e. The molecule has 0 fully saturated rings. The van der Waals surface area contributed by atoms with E-state index in [1.54, 1.807) is 30.8 Å². The summed E-state index contributed by atoms with van der Waals surface area (Å²) in [6.45, 7) is 6.31. The van der Waals surface area contributed by atoms with Crippen molar-refractivity contribution in [3.63, 3.8) is 0 Å². The van der Waals surface area contributed by atoms with Gasteiger partial charge in [-0.2, -0.15) is 0 Å². The molecule has 0 amide bonds. The second-order valence-electron chi connectivity index (χ2n) is 3.74. The molecule has 1 aliphatic heterocycles. The first-order valence-electron chi connectivity index (χ1n) is 5.18. The van der Waals surface area contributed by atoms with E-state index in [0.29, 0.717) is 11.3 Å². The zero-order valence-electron chi connectivity index (χ0n) is 10.3. The second kappa shape index (κ2) is 6.42. The van der Waals surface area contributed by atoms with Crippen LogP contribution in [0.2, 0.25) is 0 Å². The Kier molecular flexibility index (Phi) is 5.51. The van der Waals surface area contributed by atoms with Gasteiger partial charge in [0.15, 0.2) is 5.17 Å². The Balaban J connectivity index is 2.98. The van der Waals surface area contributed by atoms with Crippen molar-refractivity contribution in [3.05, 3.63) is 0 Å². The number of hydrogen-bond acceptors (Lipinski definition) is 5. The smallest absolute Gasteiger partial charge is 0.199 e. The van der Waals surface area contributed by atoms with Gasteiger partial charge in [0.2, 0.25) is 0 Å². The van der Waals surface area contributed by atoms with Crippen molar-refractivity contribution in [2.45, 2.75) is 26.1 Å². The Hall–Kier alpha value is -0.330. The first-order chi connectivity index (χ1) is 7.54. The predicted molar refractivity (Wildman–Crippen MR) is 76.5 cm³/mol. The predicted octanol–water partition coefficient (Wildman–Crippen LogP) is 2.73. The van der Waals surface area contributed by atoms with Crippen molar-refractivity contribution >= 4 is 40.3 Å². The maximum Gasteiger partial charge on any atom is 0.199 e. The van der Waals surface area contributed by atoms with Crippen LogP contribution in [0.25, 0.3) is 0 Å². The zero-order chi connectivity index (χ0) is 12.1. The molecule has 0 radical (unpaired) electrons. The lowest BCUT2D eigenvalue weighted by Crippen LogP contribution is -2.20. The van der Waals surface area contributed by atoms with E-state index in [0.717, 1.165) is 11.0 Å². The minimum absolute atomic E-state index is 0.313. The van der Waals surface area contributed by atoms with E-state index in [4.69, 9.17) is 0 Å². The highest BCUT2D eigenvalue weighted by atomic mass is 32.2. The van der Waals surface area contributed by atoms with E-state index >= 15 is 0 Å². The summed E-state index contributed by atoms with van der Waals surface area (Å²) in [7, 11) is 3.80. The monoisotopic (exact) mass is 258 g/mol. The summed E-state index contributed by atoms with van der Waals surface area (Å²) in [6.07, 6.45) is 0. The topological polar surface area (TPSA) is 40.3 Å². The molecule has 0 saturated carbocycles. The first kappa shape index (κ1) is 13.7. The molecule has 4 nitrogen and oxygen atoms in total. The summed E-state index contributed by atoms with van der Waals surface area (Å²) in [4.78, 5) is 13.0. The van der Waals surface area contributed by atoms with Crippen LogP contribution in [0.5, 0.6) is 0 Å². The SMILES string of the molecule is CN=C1N=C(C(C)C)N=CSC(C)N(C)S1. The standard InChI is InChI=1S/C10H18N4S2/c1-7(2)9-12-6-15-8(3)14(5)16-10(11-4)13-9/h6-8H,1-5H3. The molecule has 1 atom stereocenters. The summed E-state index contributed by atoms with van der Waals surface area (Å²) in [5.74, 6) is 1.15. The summed E-state index contributed by atoms with van der Waals surface area (Å²) in [6, 6.07) is 0. The van der Waals surface area contributed by atoms with Crippen LogP contribution in [-0.2, 0) is 0 Å². The maximum atomic E-state index is 4.48. The Morgan fingerprint density at radius 1 is 1.50 bits per heavy atom. The number of rotatable bonds is 1. The molecule has 90 valence electrons. The molecular formula is C10H18N4S2. The molecule has 0 aromatic carbocycles.